The molecule has 2 aromatic rings. The quantitative estimate of drug-likeness (QED) is 0.819. The smallest absolute Gasteiger partial charge is 0.226 e. The number of Topliss-reactive ketones (excluding diaryl/α,β-unsaturated/α-hetero) is 1. The van der Waals surface area contributed by atoms with Gasteiger partial charge in [-0.05, 0) is 19.1 Å². The third kappa shape index (κ3) is 3.07. The van der Waals surface area contributed by atoms with Gasteiger partial charge in [0.2, 0.25) is 5.91 Å². The summed E-state index contributed by atoms with van der Waals surface area (Å²) in [6.45, 7) is 1.73. The second-order valence-electron chi connectivity index (χ2n) is 3.77. The lowest BCUT2D eigenvalue weighted by atomic mass is 10.2. The number of hydrogen-bond acceptors (Lipinski definition) is 5. The van der Waals surface area contributed by atoms with E-state index in [9.17, 15) is 9.59 Å². The van der Waals surface area contributed by atoms with E-state index in [1.165, 1.54) is 6.26 Å². The average Bonchev–Trinajstić information content (AvgIpc) is 2.97. The number of hydrogen-bond donors (Lipinski definition) is 1. The Kier molecular flexibility index (Phi) is 3.57. The second-order valence-corrected chi connectivity index (χ2v) is 3.77. The Morgan fingerprint density at radius 2 is 2.22 bits per heavy atom. The third-order valence-corrected chi connectivity index (χ3v) is 2.27. The maximum absolute atomic E-state index is 11.6. The van der Waals surface area contributed by atoms with Crippen molar-refractivity contribution >= 4 is 17.5 Å². The summed E-state index contributed by atoms with van der Waals surface area (Å²) in [4.78, 5) is 23.1. The Hall–Kier alpha value is -2.37. The molecule has 6 nitrogen and oxygen atoms in total. The van der Waals surface area contributed by atoms with Gasteiger partial charge >= 0.3 is 0 Å². The Morgan fingerprint density at radius 3 is 2.83 bits per heavy atom. The summed E-state index contributed by atoms with van der Waals surface area (Å²) in [6, 6.07) is 4.80. The lowest BCUT2D eigenvalue weighted by molar-refractivity contribution is -0.116. The van der Waals surface area contributed by atoms with Gasteiger partial charge < -0.3 is 14.3 Å². The molecule has 6 heteroatoms. The number of rotatable bonds is 5. The van der Waals surface area contributed by atoms with Gasteiger partial charge in [-0.15, -0.1) is 0 Å². The summed E-state index contributed by atoms with van der Waals surface area (Å²) in [6.07, 6.45) is 1.59. The van der Waals surface area contributed by atoms with Gasteiger partial charge in [0.05, 0.1) is 6.26 Å². The van der Waals surface area contributed by atoms with Crippen LogP contribution in [0.3, 0.4) is 0 Å². The van der Waals surface area contributed by atoms with Crippen molar-refractivity contribution in [1.82, 2.24) is 5.16 Å². The van der Waals surface area contributed by atoms with E-state index in [1.54, 1.807) is 25.1 Å². The van der Waals surface area contributed by atoms with Gasteiger partial charge in [0.25, 0.3) is 0 Å². The first kappa shape index (κ1) is 12.1. The molecule has 0 radical (unpaired) electrons. The van der Waals surface area contributed by atoms with Crippen LogP contribution in [0.2, 0.25) is 0 Å². The van der Waals surface area contributed by atoms with Crippen LogP contribution in [-0.4, -0.2) is 16.8 Å². The Bertz CT molecular complexity index is 542. The van der Waals surface area contributed by atoms with Crippen molar-refractivity contribution in [2.24, 2.45) is 0 Å². The van der Waals surface area contributed by atoms with Crippen LogP contribution in [0, 0.1) is 6.92 Å². The van der Waals surface area contributed by atoms with E-state index < -0.39 is 0 Å². The third-order valence-electron chi connectivity index (χ3n) is 2.27. The van der Waals surface area contributed by atoms with E-state index in [0.717, 1.165) is 0 Å². The molecule has 1 N–H and O–H groups in total. The fourth-order valence-corrected chi connectivity index (χ4v) is 1.42. The highest BCUT2D eigenvalue weighted by Crippen LogP contribution is 2.09. The molecule has 0 atom stereocenters. The number of carbonyl (C=O) groups excluding carboxylic acids is 2. The first-order valence-corrected chi connectivity index (χ1v) is 5.45. The average molecular weight is 248 g/mol. The minimum Gasteiger partial charge on any atom is -0.461 e. The molecule has 0 saturated heterocycles. The number of aryl methyl sites for hydroxylation is 1. The number of anilines is 1. The van der Waals surface area contributed by atoms with Gasteiger partial charge in [-0.1, -0.05) is 5.16 Å². The minimum atomic E-state index is -0.289. The molecule has 2 rings (SSSR count). The molecule has 0 aliphatic rings. The second kappa shape index (κ2) is 5.31. The standard InChI is InChI=1S/C12H12N2O4/c1-8-7-11(14-18-8)13-12(16)5-4-9(15)10-3-2-6-17-10/h2-3,6-7H,4-5H2,1H3,(H,13,14,16). The highest BCUT2D eigenvalue weighted by molar-refractivity contribution is 5.98. The number of nitrogens with one attached hydrogen (secondary N) is 1. The number of furan rings is 1. The van der Waals surface area contributed by atoms with Crippen LogP contribution in [0.5, 0.6) is 0 Å². The summed E-state index contributed by atoms with van der Waals surface area (Å²) in [7, 11) is 0. The van der Waals surface area contributed by atoms with Crippen molar-refractivity contribution in [1.29, 1.82) is 0 Å². The van der Waals surface area contributed by atoms with Gasteiger partial charge in [-0.25, -0.2) is 0 Å². The lowest BCUT2D eigenvalue weighted by Gasteiger charge is -1.99. The number of amides is 1. The van der Waals surface area contributed by atoms with Crippen LogP contribution in [0.4, 0.5) is 5.82 Å². The normalized spacial score (nSPS) is 10.3. The Balaban J connectivity index is 1.80. The molecule has 2 heterocycles. The van der Waals surface area contributed by atoms with Crippen LogP contribution < -0.4 is 5.32 Å². The van der Waals surface area contributed by atoms with Gasteiger partial charge in [-0.3, -0.25) is 9.59 Å². The van der Waals surface area contributed by atoms with Gasteiger partial charge in [0, 0.05) is 18.9 Å². The molecule has 0 bridgehead atoms. The molecule has 0 unspecified atom stereocenters. The molecule has 2 aromatic heterocycles. The van der Waals surface area contributed by atoms with E-state index >= 15 is 0 Å². The zero-order valence-electron chi connectivity index (χ0n) is 9.80. The predicted octanol–water partition coefficient (Wildman–Crippen LogP) is 2.18. The number of carbonyl (C=O) groups is 2. The SMILES string of the molecule is Cc1cc(NC(=O)CCC(=O)c2ccco2)no1. The number of aromatic nitrogens is 1. The summed E-state index contributed by atoms with van der Waals surface area (Å²) >= 11 is 0. The van der Waals surface area contributed by atoms with Crippen molar-refractivity contribution in [3.63, 3.8) is 0 Å². The fourth-order valence-electron chi connectivity index (χ4n) is 1.42. The van der Waals surface area contributed by atoms with Crippen LogP contribution in [0.15, 0.2) is 33.4 Å². The van der Waals surface area contributed by atoms with Crippen LogP contribution in [0.25, 0.3) is 0 Å². The molecule has 1 amide bonds. The van der Waals surface area contributed by atoms with Gasteiger partial charge in [0.1, 0.15) is 5.76 Å². The van der Waals surface area contributed by atoms with Crippen molar-refractivity contribution in [3.8, 4) is 0 Å². The molecule has 18 heavy (non-hydrogen) atoms. The monoisotopic (exact) mass is 248 g/mol. The fraction of sp³-hybridized carbons (Fsp3) is 0.250. The molecular formula is C12H12N2O4. The molecule has 0 spiro atoms. The van der Waals surface area contributed by atoms with Crippen molar-refractivity contribution in [2.75, 3.05) is 5.32 Å². The molecule has 94 valence electrons. The summed E-state index contributed by atoms with van der Waals surface area (Å²) < 4.78 is 9.74. The number of nitrogens with zero attached hydrogens (tertiary/aromatic N) is 1. The molecule has 0 aliphatic carbocycles. The zero-order chi connectivity index (χ0) is 13.0. The lowest BCUT2D eigenvalue weighted by Crippen LogP contribution is -2.13. The van der Waals surface area contributed by atoms with Crippen LogP contribution in [-0.2, 0) is 4.79 Å². The predicted molar refractivity (Wildman–Crippen MR) is 62.1 cm³/mol. The largest absolute Gasteiger partial charge is 0.461 e. The molecular weight excluding hydrogens is 236 g/mol. The maximum Gasteiger partial charge on any atom is 0.226 e. The summed E-state index contributed by atoms with van der Waals surface area (Å²) in [5.74, 6) is 0.731. The minimum absolute atomic E-state index is 0.0748. The number of ketones is 1. The van der Waals surface area contributed by atoms with E-state index in [1.807, 2.05) is 0 Å². The van der Waals surface area contributed by atoms with Crippen LogP contribution in [0.1, 0.15) is 29.2 Å². The zero-order valence-corrected chi connectivity index (χ0v) is 9.80. The Labute approximate surface area is 103 Å². The van der Waals surface area contributed by atoms with Gasteiger partial charge in [-0.2, -0.15) is 0 Å². The van der Waals surface area contributed by atoms with Crippen LogP contribution >= 0.6 is 0 Å². The van der Waals surface area contributed by atoms with E-state index in [2.05, 4.69) is 10.5 Å². The Morgan fingerprint density at radius 1 is 1.39 bits per heavy atom. The van der Waals surface area contributed by atoms with Crippen molar-refractivity contribution in [2.45, 2.75) is 19.8 Å². The highest BCUT2D eigenvalue weighted by Gasteiger charge is 2.12. The summed E-state index contributed by atoms with van der Waals surface area (Å²) in [5, 5.41) is 6.16. The van der Waals surface area contributed by atoms with Gasteiger partial charge in [0.15, 0.2) is 17.4 Å². The summed E-state index contributed by atoms with van der Waals surface area (Å²) in [5.41, 5.74) is 0. The van der Waals surface area contributed by atoms with E-state index in [0.29, 0.717) is 11.6 Å². The highest BCUT2D eigenvalue weighted by atomic mass is 16.5. The molecule has 0 fully saturated rings. The first-order chi connectivity index (χ1) is 8.65. The topological polar surface area (TPSA) is 85.3 Å². The van der Waals surface area contributed by atoms with E-state index in [4.69, 9.17) is 8.94 Å². The van der Waals surface area contributed by atoms with E-state index in [-0.39, 0.29) is 30.3 Å². The molecule has 0 aliphatic heterocycles. The van der Waals surface area contributed by atoms with Crippen molar-refractivity contribution in [3.05, 3.63) is 36.0 Å². The molecule has 0 saturated carbocycles. The van der Waals surface area contributed by atoms with Crippen molar-refractivity contribution < 1.29 is 18.5 Å². The first-order valence-electron chi connectivity index (χ1n) is 5.45. The molecule has 0 aromatic carbocycles. The maximum atomic E-state index is 11.6.